The van der Waals surface area contributed by atoms with Gasteiger partial charge in [0.05, 0.1) is 11.6 Å². The number of aromatic nitrogens is 1. The fraction of sp³-hybridized carbons (Fsp3) is 0.312. The predicted octanol–water partition coefficient (Wildman–Crippen LogP) is 4.44. The van der Waals surface area contributed by atoms with Gasteiger partial charge >= 0.3 is 0 Å². The Bertz CT molecular complexity index is 572. The average Bonchev–Trinajstić information content (AvgIpc) is 2.45. The van der Waals surface area contributed by atoms with Crippen molar-refractivity contribution < 1.29 is 4.74 Å². The molecular formula is C16H19ClN2O. The largest absolute Gasteiger partial charge is 0.492 e. The second-order valence-corrected chi connectivity index (χ2v) is 5.06. The van der Waals surface area contributed by atoms with E-state index in [4.69, 9.17) is 16.3 Å². The lowest BCUT2D eigenvalue weighted by Crippen LogP contribution is -2.02. The molecule has 20 heavy (non-hydrogen) atoms. The van der Waals surface area contributed by atoms with E-state index in [1.54, 1.807) is 6.20 Å². The minimum Gasteiger partial charge on any atom is -0.492 e. The fourth-order valence-corrected chi connectivity index (χ4v) is 2.05. The molecule has 0 aliphatic heterocycles. The van der Waals surface area contributed by atoms with Gasteiger partial charge in [-0.25, -0.2) is 0 Å². The van der Waals surface area contributed by atoms with Gasteiger partial charge in [0.15, 0.2) is 0 Å². The van der Waals surface area contributed by atoms with Gasteiger partial charge in [0.25, 0.3) is 0 Å². The van der Waals surface area contributed by atoms with Crippen molar-refractivity contribution in [1.29, 1.82) is 0 Å². The molecule has 1 N–H and O–H groups in total. The van der Waals surface area contributed by atoms with Crippen LogP contribution in [0.2, 0.25) is 5.02 Å². The number of rotatable bonds is 6. The number of hydrogen-bond acceptors (Lipinski definition) is 3. The molecule has 1 aromatic heterocycles. The molecule has 4 heteroatoms. The van der Waals surface area contributed by atoms with E-state index in [1.165, 1.54) is 11.1 Å². The summed E-state index contributed by atoms with van der Waals surface area (Å²) in [5.74, 6) is 0.733. The smallest absolute Gasteiger partial charge is 0.138 e. The van der Waals surface area contributed by atoms with Crippen molar-refractivity contribution in [1.82, 2.24) is 4.98 Å². The first kappa shape index (κ1) is 14.7. The van der Waals surface area contributed by atoms with Crippen LogP contribution in [0.3, 0.4) is 0 Å². The van der Waals surface area contributed by atoms with Crippen molar-refractivity contribution in [3.05, 3.63) is 52.8 Å². The molecule has 1 heterocycles. The van der Waals surface area contributed by atoms with Crippen LogP contribution in [0.5, 0.6) is 5.75 Å². The maximum Gasteiger partial charge on any atom is 0.138 e. The third-order valence-electron chi connectivity index (χ3n) is 3.02. The summed E-state index contributed by atoms with van der Waals surface area (Å²) >= 11 is 6.20. The summed E-state index contributed by atoms with van der Waals surface area (Å²) in [6, 6.07) is 7.77. The predicted molar refractivity (Wildman–Crippen MR) is 83.5 cm³/mol. The van der Waals surface area contributed by atoms with E-state index in [1.807, 2.05) is 30.5 Å². The Labute approximate surface area is 124 Å². The van der Waals surface area contributed by atoms with Crippen LogP contribution >= 0.6 is 11.6 Å². The Hall–Kier alpha value is -1.74. The van der Waals surface area contributed by atoms with E-state index in [0.29, 0.717) is 11.6 Å². The zero-order chi connectivity index (χ0) is 14.4. The van der Waals surface area contributed by atoms with Crippen molar-refractivity contribution in [2.45, 2.75) is 26.8 Å². The zero-order valence-electron chi connectivity index (χ0n) is 11.8. The van der Waals surface area contributed by atoms with Crippen molar-refractivity contribution >= 4 is 17.3 Å². The Morgan fingerprint density at radius 2 is 2.15 bits per heavy atom. The quantitative estimate of drug-likeness (QED) is 0.854. The molecule has 0 saturated carbocycles. The standard InChI is InChI=1S/C16H19ClN2O/c1-3-8-20-16-5-4-14(9-15(16)17)19-11-13-10-18-7-6-12(13)2/h4-7,9-10,19H,3,8,11H2,1-2H3. The lowest BCUT2D eigenvalue weighted by Gasteiger charge is -2.11. The van der Waals surface area contributed by atoms with E-state index in [2.05, 4.69) is 24.1 Å². The Kier molecular flexibility index (Phi) is 5.24. The van der Waals surface area contributed by atoms with E-state index < -0.39 is 0 Å². The minimum atomic E-state index is 0.631. The summed E-state index contributed by atoms with van der Waals surface area (Å²) in [7, 11) is 0. The molecule has 0 radical (unpaired) electrons. The highest BCUT2D eigenvalue weighted by atomic mass is 35.5. The molecule has 0 bridgehead atoms. The second-order valence-electron chi connectivity index (χ2n) is 4.65. The summed E-state index contributed by atoms with van der Waals surface area (Å²) in [6.45, 7) is 5.56. The summed E-state index contributed by atoms with van der Waals surface area (Å²) in [6.07, 6.45) is 4.65. The number of nitrogens with zero attached hydrogens (tertiary/aromatic N) is 1. The number of aryl methyl sites for hydroxylation is 1. The van der Waals surface area contributed by atoms with Gasteiger partial charge < -0.3 is 10.1 Å². The van der Waals surface area contributed by atoms with E-state index in [9.17, 15) is 0 Å². The maximum atomic E-state index is 6.20. The summed E-state index contributed by atoms with van der Waals surface area (Å²) in [5, 5.41) is 3.98. The molecule has 0 saturated heterocycles. The van der Waals surface area contributed by atoms with Crippen LogP contribution in [0, 0.1) is 6.92 Å². The summed E-state index contributed by atoms with van der Waals surface area (Å²) in [4.78, 5) is 4.14. The van der Waals surface area contributed by atoms with Gasteiger partial charge in [-0.15, -0.1) is 0 Å². The number of hydrogen-bond donors (Lipinski definition) is 1. The van der Waals surface area contributed by atoms with E-state index in [-0.39, 0.29) is 0 Å². The molecule has 106 valence electrons. The minimum absolute atomic E-state index is 0.631. The summed E-state index contributed by atoms with van der Waals surface area (Å²) < 4.78 is 5.55. The van der Waals surface area contributed by atoms with Gasteiger partial charge in [0.2, 0.25) is 0 Å². The van der Waals surface area contributed by atoms with Crippen LogP contribution in [-0.4, -0.2) is 11.6 Å². The van der Waals surface area contributed by atoms with Crippen molar-refractivity contribution in [3.8, 4) is 5.75 Å². The average molecular weight is 291 g/mol. The number of halogens is 1. The van der Waals surface area contributed by atoms with Gasteiger partial charge in [-0.3, -0.25) is 4.98 Å². The molecule has 0 atom stereocenters. The highest BCUT2D eigenvalue weighted by molar-refractivity contribution is 6.32. The van der Waals surface area contributed by atoms with Crippen molar-refractivity contribution in [3.63, 3.8) is 0 Å². The lowest BCUT2D eigenvalue weighted by atomic mass is 10.1. The van der Waals surface area contributed by atoms with Crippen molar-refractivity contribution in [2.24, 2.45) is 0 Å². The first-order chi connectivity index (χ1) is 9.70. The second kappa shape index (κ2) is 7.15. The van der Waals surface area contributed by atoms with Gasteiger partial charge in [-0.2, -0.15) is 0 Å². The molecule has 0 aliphatic carbocycles. The molecule has 0 amide bonds. The maximum absolute atomic E-state index is 6.20. The lowest BCUT2D eigenvalue weighted by molar-refractivity contribution is 0.317. The molecule has 2 aromatic rings. The highest BCUT2D eigenvalue weighted by Gasteiger charge is 2.03. The molecule has 1 aromatic carbocycles. The Morgan fingerprint density at radius 1 is 1.30 bits per heavy atom. The Morgan fingerprint density at radius 3 is 2.85 bits per heavy atom. The molecule has 2 rings (SSSR count). The van der Waals surface area contributed by atoms with Crippen molar-refractivity contribution in [2.75, 3.05) is 11.9 Å². The van der Waals surface area contributed by atoms with E-state index in [0.717, 1.165) is 24.4 Å². The number of anilines is 1. The molecular weight excluding hydrogens is 272 g/mol. The topological polar surface area (TPSA) is 34.1 Å². The Balaban J connectivity index is 2.00. The van der Waals surface area contributed by atoms with Crippen LogP contribution in [0.4, 0.5) is 5.69 Å². The van der Waals surface area contributed by atoms with Crippen LogP contribution in [0.15, 0.2) is 36.7 Å². The zero-order valence-corrected chi connectivity index (χ0v) is 12.6. The van der Waals surface area contributed by atoms with Crippen LogP contribution in [0.25, 0.3) is 0 Å². The number of pyridine rings is 1. The third kappa shape index (κ3) is 3.87. The monoisotopic (exact) mass is 290 g/mol. The van der Waals surface area contributed by atoms with Gasteiger partial charge in [-0.05, 0) is 48.7 Å². The molecule has 0 unspecified atom stereocenters. The van der Waals surface area contributed by atoms with Crippen LogP contribution in [-0.2, 0) is 6.54 Å². The molecule has 0 fully saturated rings. The van der Waals surface area contributed by atoms with Gasteiger partial charge in [0, 0.05) is 24.6 Å². The van der Waals surface area contributed by atoms with E-state index >= 15 is 0 Å². The number of ether oxygens (including phenoxy) is 1. The van der Waals surface area contributed by atoms with Gasteiger partial charge in [-0.1, -0.05) is 18.5 Å². The molecule has 0 aliphatic rings. The number of nitrogens with one attached hydrogen (secondary N) is 1. The van der Waals surface area contributed by atoms with Gasteiger partial charge in [0.1, 0.15) is 5.75 Å². The molecule has 3 nitrogen and oxygen atoms in total. The van der Waals surface area contributed by atoms with Crippen LogP contribution in [0.1, 0.15) is 24.5 Å². The van der Waals surface area contributed by atoms with Crippen LogP contribution < -0.4 is 10.1 Å². The number of benzene rings is 1. The first-order valence-electron chi connectivity index (χ1n) is 6.76. The summed E-state index contributed by atoms with van der Waals surface area (Å²) in [5.41, 5.74) is 3.37. The normalized spacial score (nSPS) is 10.3. The SMILES string of the molecule is CCCOc1ccc(NCc2cnccc2C)cc1Cl. The third-order valence-corrected chi connectivity index (χ3v) is 3.32. The highest BCUT2D eigenvalue weighted by Crippen LogP contribution is 2.28. The fourth-order valence-electron chi connectivity index (χ4n) is 1.82. The first-order valence-corrected chi connectivity index (χ1v) is 7.14. The molecule has 0 spiro atoms.